The number of carbonyl (C=O) groups is 3. The number of ketones is 1. The molecule has 0 aliphatic heterocycles. The molecule has 2 rings (SSSR count). The molecule has 0 heterocycles. The summed E-state index contributed by atoms with van der Waals surface area (Å²) in [6.45, 7) is -0.143. The van der Waals surface area contributed by atoms with Crippen LogP contribution in [-0.4, -0.2) is 24.1 Å². The van der Waals surface area contributed by atoms with Gasteiger partial charge in [-0.1, -0.05) is 42.5 Å². The fourth-order valence-electron chi connectivity index (χ4n) is 1.88. The highest BCUT2D eigenvalue weighted by molar-refractivity contribution is 6.08. The van der Waals surface area contributed by atoms with Crippen molar-refractivity contribution in [3.05, 3.63) is 71.3 Å². The van der Waals surface area contributed by atoms with Gasteiger partial charge in [0.25, 0.3) is 5.91 Å². The summed E-state index contributed by atoms with van der Waals surface area (Å²) in [5.41, 5.74) is 6.01. The molecule has 2 aromatic rings. The topological polar surface area (TPSA) is 89.3 Å². The molecule has 0 atom stereocenters. The summed E-state index contributed by atoms with van der Waals surface area (Å²) < 4.78 is 0. The summed E-state index contributed by atoms with van der Waals surface area (Å²) in [7, 11) is 0. The van der Waals surface area contributed by atoms with Gasteiger partial charge in [0, 0.05) is 5.56 Å². The van der Waals surface area contributed by atoms with Crippen LogP contribution < -0.4 is 11.1 Å². The van der Waals surface area contributed by atoms with E-state index in [1.807, 2.05) is 0 Å². The molecule has 3 N–H and O–H groups in total. The molecule has 106 valence electrons. The molecule has 0 saturated heterocycles. The first kappa shape index (κ1) is 14.5. The van der Waals surface area contributed by atoms with Gasteiger partial charge in [-0.15, -0.1) is 0 Å². The molecule has 0 bridgehead atoms. The number of hydrogen-bond donors (Lipinski definition) is 2. The van der Waals surface area contributed by atoms with E-state index in [0.29, 0.717) is 5.56 Å². The van der Waals surface area contributed by atoms with E-state index in [4.69, 9.17) is 5.73 Å². The zero-order chi connectivity index (χ0) is 15.2. The van der Waals surface area contributed by atoms with Gasteiger partial charge in [0.1, 0.15) is 0 Å². The number of nitrogens with one attached hydrogen (secondary N) is 1. The molecule has 0 radical (unpaired) electrons. The van der Waals surface area contributed by atoms with Gasteiger partial charge in [0.05, 0.1) is 17.7 Å². The van der Waals surface area contributed by atoms with Gasteiger partial charge in [0.15, 0.2) is 5.78 Å². The maximum absolute atomic E-state index is 12.0. The zero-order valence-corrected chi connectivity index (χ0v) is 11.2. The van der Waals surface area contributed by atoms with Gasteiger partial charge >= 0.3 is 0 Å². The van der Waals surface area contributed by atoms with E-state index in [-0.39, 0.29) is 23.5 Å². The van der Waals surface area contributed by atoms with Gasteiger partial charge in [0.2, 0.25) is 5.91 Å². The van der Waals surface area contributed by atoms with E-state index in [9.17, 15) is 14.4 Å². The predicted molar refractivity (Wildman–Crippen MR) is 78.1 cm³/mol. The van der Waals surface area contributed by atoms with Gasteiger partial charge in [-0.2, -0.15) is 0 Å². The van der Waals surface area contributed by atoms with Crippen LogP contribution in [0, 0.1) is 0 Å². The quantitative estimate of drug-likeness (QED) is 0.812. The normalized spacial score (nSPS) is 9.90. The Morgan fingerprint density at radius 2 is 1.43 bits per heavy atom. The number of carbonyl (C=O) groups excluding carboxylic acids is 3. The van der Waals surface area contributed by atoms with Crippen molar-refractivity contribution >= 4 is 17.6 Å². The smallest absolute Gasteiger partial charge is 0.252 e. The van der Waals surface area contributed by atoms with E-state index in [2.05, 4.69) is 5.32 Å². The largest absolute Gasteiger partial charge is 0.366 e. The first-order valence-electron chi connectivity index (χ1n) is 6.35. The Morgan fingerprint density at radius 1 is 0.857 bits per heavy atom. The lowest BCUT2D eigenvalue weighted by molar-refractivity contribution is 0.0899. The van der Waals surface area contributed by atoms with Crippen LogP contribution in [0.25, 0.3) is 0 Å². The summed E-state index contributed by atoms with van der Waals surface area (Å²) in [6.07, 6.45) is 0. The minimum absolute atomic E-state index is 0.127. The Labute approximate surface area is 121 Å². The second-order valence-electron chi connectivity index (χ2n) is 4.38. The fourth-order valence-corrected chi connectivity index (χ4v) is 1.88. The number of benzene rings is 2. The Kier molecular flexibility index (Phi) is 4.46. The number of primary amides is 1. The van der Waals surface area contributed by atoms with Crippen LogP contribution >= 0.6 is 0 Å². The summed E-state index contributed by atoms with van der Waals surface area (Å²) >= 11 is 0. The van der Waals surface area contributed by atoms with Crippen molar-refractivity contribution < 1.29 is 14.4 Å². The molecule has 5 nitrogen and oxygen atoms in total. The number of Topliss-reactive ketones (excluding diaryl/α,β-unsaturated/α-hetero) is 1. The van der Waals surface area contributed by atoms with Crippen LogP contribution in [0.15, 0.2) is 54.6 Å². The molecule has 21 heavy (non-hydrogen) atoms. The van der Waals surface area contributed by atoms with Crippen molar-refractivity contribution in [1.82, 2.24) is 5.32 Å². The molecule has 0 unspecified atom stereocenters. The van der Waals surface area contributed by atoms with Crippen molar-refractivity contribution in [3.8, 4) is 0 Å². The summed E-state index contributed by atoms with van der Waals surface area (Å²) in [5, 5.41) is 2.50. The Balaban J connectivity index is 2.06. The van der Waals surface area contributed by atoms with E-state index in [1.165, 1.54) is 12.1 Å². The molecule has 5 heteroatoms. The van der Waals surface area contributed by atoms with Crippen LogP contribution in [0.5, 0.6) is 0 Å². The number of rotatable bonds is 5. The highest BCUT2D eigenvalue weighted by Gasteiger charge is 2.15. The highest BCUT2D eigenvalue weighted by Crippen LogP contribution is 2.08. The third-order valence-corrected chi connectivity index (χ3v) is 2.94. The van der Waals surface area contributed by atoms with Crippen LogP contribution in [0.4, 0.5) is 0 Å². The first-order chi connectivity index (χ1) is 10.1. The van der Waals surface area contributed by atoms with Crippen molar-refractivity contribution in [2.24, 2.45) is 5.73 Å². The second kappa shape index (κ2) is 6.47. The van der Waals surface area contributed by atoms with E-state index < -0.39 is 11.8 Å². The number of nitrogens with two attached hydrogens (primary N) is 1. The van der Waals surface area contributed by atoms with Gasteiger partial charge in [-0.3, -0.25) is 14.4 Å². The fraction of sp³-hybridized carbons (Fsp3) is 0.0625. The Bertz CT molecular complexity index is 681. The zero-order valence-electron chi connectivity index (χ0n) is 11.2. The van der Waals surface area contributed by atoms with E-state index in [1.54, 1.807) is 42.5 Å². The third-order valence-electron chi connectivity index (χ3n) is 2.94. The minimum Gasteiger partial charge on any atom is -0.366 e. The molecule has 0 fully saturated rings. The van der Waals surface area contributed by atoms with Crippen molar-refractivity contribution in [2.45, 2.75) is 0 Å². The maximum Gasteiger partial charge on any atom is 0.252 e. The average molecular weight is 282 g/mol. The summed E-state index contributed by atoms with van der Waals surface area (Å²) in [5.74, 6) is -1.40. The second-order valence-corrected chi connectivity index (χ2v) is 4.38. The highest BCUT2D eigenvalue weighted by atomic mass is 16.2. The van der Waals surface area contributed by atoms with E-state index in [0.717, 1.165) is 0 Å². The lowest BCUT2D eigenvalue weighted by Crippen LogP contribution is -2.31. The van der Waals surface area contributed by atoms with E-state index >= 15 is 0 Å². The average Bonchev–Trinajstić information content (AvgIpc) is 2.53. The number of hydrogen-bond acceptors (Lipinski definition) is 3. The van der Waals surface area contributed by atoms with Crippen LogP contribution in [0.2, 0.25) is 0 Å². The lowest BCUT2D eigenvalue weighted by atomic mass is 10.1. The lowest BCUT2D eigenvalue weighted by Gasteiger charge is -2.07. The van der Waals surface area contributed by atoms with Gasteiger partial charge in [-0.25, -0.2) is 0 Å². The van der Waals surface area contributed by atoms with Gasteiger partial charge < -0.3 is 11.1 Å². The molecular formula is C16H14N2O3. The van der Waals surface area contributed by atoms with Crippen molar-refractivity contribution in [3.63, 3.8) is 0 Å². The van der Waals surface area contributed by atoms with Crippen molar-refractivity contribution in [1.29, 1.82) is 0 Å². The standard InChI is InChI=1S/C16H14N2O3/c17-15(20)12-8-4-5-9-13(12)16(21)18-10-14(19)11-6-2-1-3-7-11/h1-9H,10H2,(H2,17,20)(H,18,21). The summed E-state index contributed by atoms with van der Waals surface area (Å²) in [4.78, 5) is 35.2. The Morgan fingerprint density at radius 3 is 2.05 bits per heavy atom. The Hall–Kier alpha value is -2.95. The first-order valence-corrected chi connectivity index (χ1v) is 6.35. The summed E-state index contributed by atoms with van der Waals surface area (Å²) in [6, 6.07) is 14.8. The molecule has 0 aliphatic rings. The molecule has 0 saturated carbocycles. The maximum atomic E-state index is 12.0. The SMILES string of the molecule is NC(=O)c1ccccc1C(=O)NCC(=O)c1ccccc1. The van der Waals surface area contributed by atoms with Crippen LogP contribution in [-0.2, 0) is 0 Å². The van der Waals surface area contributed by atoms with Crippen LogP contribution in [0.3, 0.4) is 0 Å². The predicted octanol–water partition coefficient (Wildman–Crippen LogP) is 1.40. The molecular weight excluding hydrogens is 268 g/mol. The van der Waals surface area contributed by atoms with Gasteiger partial charge in [-0.05, 0) is 12.1 Å². The molecule has 0 aromatic heterocycles. The molecule has 0 spiro atoms. The third kappa shape index (κ3) is 3.54. The molecule has 2 aromatic carbocycles. The minimum atomic E-state index is -0.685. The number of amides is 2. The van der Waals surface area contributed by atoms with Crippen molar-refractivity contribution in [2.75, 3.05) is 6.54 Å². The van der Waals surface area contributed by atoms with Crippen LogP contribution in [0.1, 0.15) is 31.1 Å². The molecule has 0 aliphatic carbocycles. The molecule has 2 amide bonds. The monoisotopic (exact) mass is 282 g/mol.